The van der Waals surface area contributed by atoms with Crippen molar-refractivity contribution in [2.75, 3.05) is 20.3 Å². The highest BCUT2D eigenvalue weighted by Crippen LogP contribution is 2.31. The van der Waals surface area contributed by atoms with Crippen LogP contribution in [0.3, 0.4) is 0 Å². The molecule has 158 valence electrons. The largest absolute Gasteiger partial charge is 0.497 e. The number of carbonyl (C=O) groups excluding carboxylic acids is 2. The van der Waals surface area contributed by atoms with Gasteiger partial charge in [-0.15, -0.1) is 0 Å². The first-order valence-electron chi connectivity index (χ1n) is 9.81. The summed E-state index contributed by atoms with van der Waals surface area (Å²) in [6, 6.07) is 17.3. The molecule has 2 N–H and O–H groups in total. The Bertz CT molecular complexity index is 1160. The number of ether oxygens (including phenoxy) is 2. The molecule has 4 aromatic rings. The fraction of sp³-hybridized carbons (Fsp3) is 0.167. The van der Waals surface area contributed by atoms with Crippen molar-refractivity contribution in [3.8, 4) is 5.75 Å². The van der Waals surface area contributed by atoms with Crippen LogP contribution in [0.5, 0.6) is 5.75 Å². The Morgan fingerprint density at radius 3 is 2.65 bits per heavy atom. The lowest BCUT2D eigenvalue weighted by molar-refractivity contribution is -0.124. The maximum Gasteiger partial charge on any atom is 0.341 e. The predicted octanol–water partition coefficient (Wildman–Crippen LogP) is 3.87. The van der Waals surface area contributed by atoms with E-state index in [-0.39, 0.29) is 24.0 Å². The molecule has 0 bridgehead atoms. The van der Waals surface area contributed by atoms with Gasteiger partial charge in [0.15, 0.2) is 6.61 Å². The van der Waals surface area contributed by atoms with Crippen molar-refractivity contribution < 1.29 is 23.5 Å². The smallest absolute Gasteiger partial charge is 0.341 e. The third-order valence-corrected chi connectivity index (χ3v) is 5.11. The van der Waals surface area contributed by atoms with Crippen LogP contribution in [-0.4, -0.2) is 37.1 Å². The van der Waals surface area contributed by atoms with Crippen molar-refractivity contribution in [2.45, 2.75) is 5.92 Å². The lowest BCUT2D eigenvalue weighted by Crippen LogP contribution is -2.32. The van der Waals surface area contributed by atoms with Crippen LogP contribution in [0, 0.1) is 0 Å². The van der Waals surface area contributed by atoms with Crippen LogP contribution < -0.4 is 10.1 Å². The maximum absolute atomic E-state index is 12.3. The minimum absolute atomic E-state index is 0.101. The van der Waals surface area contributed by atoms with Gasteiger partial charge in [0.2, 0.25) is 0 Å². The first-order valence-corrected chi connectivity index (χ1v) is 9.81. The summed E-state index contributed by atoms with van der Waals surface area (Å²) in [7, 11) is 1.62. The fourth-order valence-corrected chi connectivity index (χ4v) is 3.49. The number of rotatable bonds is 8. The van der Waals surface area contributed by atoms with Crippen molar-refractivity contribution in [1.82, 2.24) is 10.3 Å². The molecule has 0 saturated carbocycles. The average molecular weight is 418 g/mol. The van der Waals surface area contributed by atoms with Gasteiger partial charge in [-0.05, 0) is 35.4 Å². The molecule has 4 rings (SSSR count). The van der Waals surface area contributed by atoms with Gasteiger partial charge in [-0.3, -0.25) is 4.79 Å². The third kappa shape index (κ3) is 4.61. The zero-order chi connectivity index (χ0) is 21.6. The molecule has 2 aromatic carbocycles. The van der Waals surface area contributed by atoms with Gasteiger partial charge in [0.25, 0.3) is 5.91 Å². The van der Waals surface area contributed by atoms with E-state index >= 15 is 0 Å². The zero-order valence-electron chi connectivity index (χ0n) is 17.0. The highest BCUT2D eigenvalue weighted by molar-refractivity contribution is 5.91. The van der Waals surface area contributed by atoms with E-state index < -0.39 is 5.97 Å². The number of aromatic amines is 1. The summed E-state index contributed by atoms with van der Waals surface area (Å²) in [6.45, 7) is -0.0243. The summed E-state index contributed by atoms with van der Waals surface area (Å²) in [5.74, 6) is -0.324. The van der Waals surface area contributed by atoms with Gasteiger partial charge in [-0.25, -0.2) is 4.79 Å². The van der Waals surface area contributed by atoms with Crippen LogP contribution in [0.15, 0.2) is 77.7 Å². The molecular weight excluding hydrogens is 396 g/mol. The number of amides is 1. The Morgan fingerprint density at radius 1 is 1.10 bits per heavy atom. The van der Waals surface area contributed by atoms with E-state index in [1.165, 1.54) is 18.6 Å². The van der Waals surface area contributed by atoms with Crippen molar-refractivity contribution in [1.29, 1.82) is 0 Å². The second kappa shape index (κ2) is 9.21. The maximum atomic E-state index is 12.3. The number of furan rings is 1. The topological polar surface area (TPSA) is 93.6 Å². The van der Waals surface area contributed by atoms with E-state index in [0.717, 1.165) is 27.8 Å². The molecule has 0 saturated heterocycles. The molecule has 1 atom stereocenters. The number of carbonyl (C=O) groups is 2. The molecule has 0 spiro atoms. The minimum Gasteiger partial charge on any atom is -0.497 e. The molecule has 0 aliphatic rings. The van der Waals surface area contributed by atoms with Crippen LogP contribution in [0.4, 0.5) is 0 Å². The van der Waals surface area contributed by atoms with Gasteiger partial charge in [0, 0.05) is 29.6 Å². The van der Waals surface area contributed by atoms with E-state index in [4.69, 9.17) is 13.9 Å². The molecule has 7 heteroatoms. The Morgan fingerprint density at radius 2 is 1.90 bits per heavy atom. The van der Waals surface area contributed by atoms with Crippen molar-refractivity contribution in [2.24, 2.45) is 0 Å². The average Bonchev–Trinajstić information content (AvgIpc) is 3.49. The second-order valence-electron chi connectivity index (χ2n) is 7.01. The number of fused-ring (bicyclic) bond motifs is 1. The highest BCUT2D eigenvalue weighted by Gasteiger charge is 2.20. The SMILES string of the molecule is COc1ccc(C(CNC(=O)COC(=O)c2ccoc2)c2c[nH]c3ccccc23)cc1. The van der Waals surface area contributed by atoms with Crippen LogP contribution >= 0.6 is 0 Å². The number of methoxy groups -OCH3 is 1. The predicted molar refractivity (Wildman–Crippen MR) is 115 cm³/mol. The number of esters is 1. The van der Waals surface area contributed by atoms with Gasteiger partial charge >= 0.3 is 5.97 Å². The second-order valence-corrected chi connectivity index (χ2v) is 7.01. The van der Waals surface area contributed by atoms with Crippen molar-refractivity contribution in [3.05, 3.63) is 90.0 Å². The normalized spacial score (nSPS) is 11.8. The third-order valence-electron chi connectivity index (χ3n) is 5.11. The number of para-hydroxylation sites is 1. The van der Waals surface area contributed by atoms with E-state index in [1.807, 2.05) is 54.7 Å². The molecule has 31 heavy (non-hydrogen) atoms. The molecule has 0 aliphatic carbocycles. The molecule has 7 nitrogen and oxygen atoms in total. The standard InChI is InChI=1S/C24H22N2O5/c1-29-18-8-6-16(7-9-18)20(21-13-25-22-5-3-2-4-19(21)22)12-26-23(27)15-31-24(28)17-10-11-30-14-17/h2-11,13-14,20,25H,12,15H2,1H3,(H,26,27). The summed E-state index contributed by atoms with van der Waals surface area (Å²) in [5.41, 5.74) is 3.39. The first-order chi connectivity index (χ1) is 15.2. The molecule has 0 aliphatic heterocycles. The summed E-state index contributed by atoms with van der Waals surface area (Å²) in [6.07, 6.45) is 4.61. The number of aromatic nitrogens is 1. The van der Waals surface area contributed by atoms with Crippen LogP contribution in [0.1, 0.15) is 27.4 Å². The Labute approximate surface area is 179 Å². The van der Waals surface area contributed by atoms with Crippen LogP contribution in [0.2, 0.25) is 0 Å². The Hall–Kier alpha value is -4.00. The number of H-pyrrole nitrogens is 1. The number of hydrogen-bond acceptors (Lipinski definition) is 5. The van der Waals surface area contributed by atoms with E-state index in [2.05, 4.69) is 10.3 Å². The van der Waals surface area contributed by atoms with Gasteiger partial charge in [-0.2, -0.15) is 0 Å². The fourth-order valence-electron chi connectivity index (χ4n) is 3.49. The van der Waals surface area contributed by atoms with Crippen LogP contribution in [0.25, 0.3) is 10.9 Å². The summed E-state index contributed by atoms with van der Waals surface area (Å²) < 4.78 is 15.2. The van der Waals surface area contributed by atoms with Gasteiger partial charge in [-0.1, -0.05) is 30.3 Å². The lowest BCUT2D eigenvalue weighted by atomic mass is 9.91. The monoisotopic (exact) mass is 418 g/mol. The summed E-state index contributed by atoms with van der Waals surface area (Å²) in [5, 5.41) is 3.97. The molecule has 0 fully saturated rings. The van der Waals surface area contributed by atoms with Crippen LogP contribution in [-0.2, 0) is 9.53 Å². The van der Waals surface area contributed by atoms with E-state index in [1.54, 1.807) is 7.11 Å². The van der Waals surface area contributed by atoms with Gasteiger partial charge in [0.1, 0.15) is 12.0 Å². The Kier molecular flexibility index (Phi) is 6.03. The van der Waals surface area contributed by atoms with Crippen molar-refractivity contribution >= 4 is 22.8 Å². The lowest BCUT2D eigenvalue weighted by Gasteiger charge is -2.18. The molecule has 1 amide bonds. The molecule has 2 aromatic heterocycles. The van der Waals surface area contributed by atoms with E-state index in [9.17, 15) is 9.59 Å². The summed E-state index contributed by atoms with van der Waals surface area (Å²) >= 11 is 0. The number of benzene rings is 2. The van der Waals surface area contributed by atoms with Gasteiger partial charge in [0.05, 0.1) is 18.9 Å². The van der Waals surface area contributed by atoms with Crippen molar-refractivity contribution in [3.63, 3.8) is 0 Å². The zero-order valence-corrected chi connectivity index (χ0v) is 17.0. The quantitative estimate of drug-likeness (QED) is 0.424. The molecule has 0 radical (unpaired) electrons. The highest BCUT2D eigenvalue weighted by atomic mass is 16.5. The van der Waals surface area contributed by atoms with E-state index in [0.29, 0.717) is 6.54 Å². The summed E-state index contributed by atoms with van der Waals surface area (Å²) in [4.78, 5) is 27.5. The molecule has 1 unspecified atom stereocenters. The number of hydrogen-bond donors (Lipinski definition) is 2. The molecule has 2 heterocycles. The Balaban J connectivity index is 1.49. The minimum atomic E-state index is -0.604. The number of nitrogens with one attached hydrogen (secondary N) is 2. The molecular formula is C24H22N2O5. The first kappa shape index (κ1) is 20.3. The van der Waals surface area contributed by atoms with Gasteiger partial charge < -0.3 is 24.2 Å².